The number of nitrogens with two attached hydrogens (primary N) is 2. The van der Waals surface area contributed by atoms with Crippen molar-refractivity contribution in [2.45, 2.75) is 0 Å². The minimum absolute atomic E-state index is 0.0718. The summed E-state index contributed by atoms with van der Waals surface area (Å²) in [6.07, 6.45) is 0. The van der Waals surface area contributed by atoms with Gasteiger partial charge in [-0.25, -0.2) is 0 Å². The van der Waals surface area contributed by atoms with Gasteiger partial charge in [0, 0.05) is 0 Å². The van der Waals surface area contributed by atoms with Crippen LogP contribution in [0.4, 0.5) is 0 Å². The minimum Gasteiger partial charge on any atom is -0.629 e. The average molecular weight is 135 g/mol. The van der Waals surface area contributed by atoms with Gasteiger partial charge in [-0.2, -0.15) is 0 Å². The van der Waals surface area contributed by atoms with Crippen LogP contribution in [0.3, 0.4) is 0 Å². The van der Waals surface area contributed by atoms with Crippen molar-refractivity contribution in [3.63, 3.8) is 0 Å². The first-order valence-electron chi connectivity index (χ1n) is 2.07. The second-order valence-electron chi connectivity index (χ2n) is 1.43. The molecule has 2 atom stereocenters. The standard InChI is InChI=1S/C3H10N3OP/c1-6(7)3(8)2(4)5/h6H,4-5,8H2,1H3. The van der Waals surface area contributed by atoms with Gasteiger partial charge in [0.05, 0.1) is 7.05 Å². The molecule has 4 nitrogen and oxygen atoms in total. The molecule has 5 heteroatoms. The third-order valence-electron chi connectivity index (χ3n) is 0.690. The second kappa shape index (κ2) is 2.87. The minimum atomic E-state index is -0.116. The Morgan fingerprint density at radius 1 is 1.62 bits per heavy atom. The largest absolute Gasteiger partial charge is 0.629 e. The van der Waals surface area contributed by atoms with Crippen molar-refractivity contribution >= 4 is 9.24 Å². The van der Waals surface area contributed by atoms with Crippen LogP contribution in [0.1, 0.15) is 0 Å². The molecule has 0 radical (unpaired) electrons. The fourth-order valence-corrected chi connectivity index (χ4v) is 0.203. The molecule has 0 saturated carbocycles. The molecule has 0 aliphatic carbocycles. The van der Waals surface area contributed by atoms with Crippen LogP contribution in [0.5, 0.6) is 0 Å². The van der Waals surface area contributed by atoms with E-state index in [9.17, 15) is 5.21 Å². The smallest absolute Gasteiger partial charge is 0.161 e. The molecule has 0 bridgehead atoms. The highest BCUT2D eigenvalue weighted by Gasteiger charge is 1.95. The van der Waals surface area contributed by atoms with Crippen molar-refractivity contribution in [3.8, 4) is 0 Å². The lowest BCUT2D eigenvalue weighted by molar-refractivity contribution is -0.773. The van der Waals surface area contributed by atoms with Crippen LogP contribution in [0.15, 0.2) is 11.3 Å². The molecule has 5 N–H and O–H groups in total. The highest BCUT2D eigenvalue weighted by molar-refractivity contribution is 7.21. The van der Waals surface area contributed by atoms with Crippen molar-refractivity contribution in [2.24, 2.45) is 11.5 Å². The van der Waals surface area contributed by atoms with Gasteiger partial charge >= 0.3 is 0 Å². The summed E-state index contributed by atoms with van der Waals surface area (Å²) in [7, 11) is 3.57. The van der Waals surface area contributed by atoms with E-state index in [1.165, 1.54) is 7.05 Å². The molecule has 0 spiro atoms. The van der Waals surface area contributed by atoms with E-state index in [0.29, 0.717) is 5.44 Å². The van der Waals surface area contributed by atoms with Gasteiger partial charge in [-0.05, 0) is 9.24 Å². The Morgan fingerprint density at radius 3 is 2.00 bits per heavy atom. The fourth-order valence-electron chi connectivity index (χ4n) is 0.203. The van der Waals surface area contributed by atoms with Crippen LogP contribution in [0.25, 0.3) is 0 Å². The maximum Gasteiger partial charge on any atom is 0.161 e. The molecule has 0 aromatic carbocycles. The monoisotopic (exact) mass is 135 g/mol. The molecule has 0 aliphatic rings. The molecule has 0 amide bonds. The topological polar surface area (TPSA) is 79.5 Å². The zero-order valence-corrected chi connectivity index (χ0v) is 5.79. The highest BCUT2D eigenvalue weighted by atomic mass is 31.0. The molecule has 2 unspecified atom stereocenters. The summed E-state index contributed by atoms with van der Waals surface area (Å²) >= 11 is 0. The number of quaternary nitrogens is 1. The maximum absolute atomic E-state index is 10.3. The van der Waals surface area contributed by atoms with E-state index in [2.05, 4.69) is 9.24 Å². The Morgan fingerprint density at radius 2 is 2.00 bits per heavy atom. The first kappa shape index (κ1) is 7.69. The summed E-state index contributed by atoms with van der Waals surface area (Å²) in [5, 5.41) is 10.2. The Kier molecular flexibility index (Phi) is 2.76. The van der Waals surface area contributed by atoms with Crippen LogP contribution in [0, 0.1) is 5.21 Å². The molecule has 0 heterocycles. The van der Waals surface area contributed by atoms with Crippen LogP contribution < -0.4 is 16.5 Å². The summed E-state index contributed by atoms with van der Waals surface area (Å²) < 4.78 is 0. The molecule has 0 aliphatic heterocycles. The number of hydroxylamine groups is 2. The van der Waals surface area contributed by atoms with E-state index in [1.807, 2.05) is 0 Å². The van der Waals surface area contributed by atoms with Crippen molar-refractivity contribution in [3.05, 3.63) is 16.5 Å². The second-order valence-corrected chi connectivity index (χ2v) is 2.00. The van der Waals surface area contributed by atoms with Gasteiger partial charge in [0.2, 0.25) is 0 Å². The van der Waals surface area contributed by atoms with Crippen molar-refractivity contribution < 1.29 is 5.06 Å². The molecular formula is C3H10N3OP. The summed E-state index contributed by atoms with van der Waals surface area (Å²) in [5.41, 5.74) is 10.5. The summed E-state index contributed by atoms with van der Waals surface area (Å²) in [6, 6.07) is 0. The zero-order chi connectivity index (χ0) is 6.73. The van der Waals surface area contributed by atoms with E-state index in [0.717, 1.165) is 0 Å². The van der Waals surface area contributed by atoms with Gasteiger partial charge in [0.25, 0.3) is 0 Å². The Hall–Kier alpha value is -0.310. The number of hydrogen-bond acceptors (Lipinski definition) is 3. The quantitative estimate of drug-likeness (QED) is 0.285. The molecule has 0 aromatic heterocycles. The first-order valence-corrected chi connectivity index (χ1v) is 2.65. The van der Waals surface area contributed by atoms with Crippen molar-refractivity contribution in [1.29, 1.82) is 0 Å². The lowest BCUT2D eigenvalue weighted by atomic mass is 10.8. The van der Waals surface area contributed by atoms with Crippen LogP contribution >= 0.6 is 9.24 Å². The van der Waals surface area contributed by atoms with Gasteiger partial charge in [-0.15, -0.1) is 0 Å². The molecule has 0 saturated heterocycles. The van der Waals surface area contributed by atoms with Crippen LogP contribution in [-0.2, 0) is 0 Å². The predicted molar refractivity (Wildman–Crippen MR) is 35.4 cm³/mol. The summed E-state index contributed by atoms with van der Waals surface area (Å²) in [5.74, 6) is 0.0718. The third-order valence-corrected chi connectivity index (χ3v) is 1.43. The highest BCUT2D eigenvalue weighted by Crippen LogP contribution is 1.92. The number of rotatable bonds is 1. The molecule has 8 heavy (non-hydrogen) atoms. The van der Waals surface area contributed by atoms with E-state index in [4.69, 9.17) is 11.5 Å². The van der Waals surface area contributed by atoms with Gasteiger partial charge in [0.15, 0.2) is 11.3 Å². The number of nitrogens with one attached hydrogen (secondary N) is 1. The first-order chi connectivity index (χ1) is 3.55. The summed E-state index contributed by atoms with van der Waals surface area (Å²) in [4.78, 5) is 0. The lowest BCUT2D eigenvalue weighted by Crippen LogP contribution is -3.01. The van der Waals surface area contributed by atoms with Crippen LogP contribution in [-0.4, -0.2) is 7.05 Å². The fraction of sp³-hybridized carbons (Fsp3) is 0.333. The van der Waals surface area contributed by atoms with Gasteiger partial charge < -0.3 is 21.7 Å². The van der Waals surface area contributed by atoms with Crippen molar-refractivity contribution in [1.82, 2.24) is 0 Å². The summed E-state index contributed by atoms with van der Waals surface area (Å²) in [6.45, 7) is 0. The predicted octanol–water partition coefficient (Wildman–Crippen LogP) is -2.08. The van der Waals surface area contributed by atoms with E-state index in [-0.39, 0.29) is 10.9 Å². The van der Waals surface area contributed by atoms with Gasteiger partial charge in [0.1, 0.15) is 0 Å². The zero-order valence-electron chi connectivity index (χ0n) is 4.64. The van der Waals surface area contributed by atoms with Crippen LogP contribution in [0.2, 0.25) is 0 Å². The Bertz CT molecular complexity index is 107. The molecule has 0 fully saturated rings. The Balaban J connectivity index is 4.00. The normalized spacial score (nSPS) is 12.9. The molecular weight excluding hydrogens is 125 g/mol. The maximum atomic E-state index is 10.3. The Labute approximate surface area is 50.3 Å². The van der Waals surface area contributed by atoms with Crippen molar-refractivity contribution in [2.75, 3.05) is 7.05 Å². The number of hydrogen-bond donors (Lipinski definition) is 3. The van der Waals surface area contributed by atoms with E-state index >= 15 is 0 Å². The SMILES string of the molecule is C[NH+]([O-])C(P)=C(N)N. The van der Waals surface area contributed by atoms with E-state index < -0.39 is 0 Å². The molecule has 0 rings (SSSR count). The average Bonchev–Trinajstić information content (AvgIpc) is 1.64. The van der Waals surface area contributed by atoms with Gasteiger partial charge in [-0.3, -0.25) is 0 Å². The van der Waals surface area contributed by atoms with Gasteiger partial charge in [-0.1, -0.05) is 0 Å². The lowest BCUT2D eigenvalue weighted by Gasteiger charge is -2.15. The third kappa shape index (κ3) is 2.12. The molecule has 48 valence electrons. The molecule has 0 aromatic rings. The van der Waals surface area contributed by atoms with E-state index in [1.54, 1.807) is 0 Å².